The van der Waals surface area contributed by atoms with Crippen LogP contribution in [0.25, 0.3) is 0 Å². The molecular formula is C12H16N2O3. The molecule has 5 heteroatoms. The van der Waals surface area contributed by atoms with E-state index in [2.05, 4.69) is 5.32 Å². The van der Waals surface area contributed by atoms with E-state index in [1.54, 1.807) is 19.2 Å². The van der Waals surface area contributed by atoms with Gasteiger partial charge in [-0.05, 0) is 31.2 Å². The second-order valence-corrected chi connectivity index (χ2v) is 3.77. The summed E-state index contributed by atoms with van der Waals surface area (Å²) in [5.41, 5.74) is 5.97. The molecule has 0 heterocycles. The average Bonchev–Trinajstić information content (AvgIpc) is 2.29. The second-order valence-electron chi connectivity index (χ2n) is 3.77. The van der Waals surface area contributed by atoms with Crippen LogP contribution in [0.15, 0.2) is 24.3 Å². The van der Waals surface area contributed by atoms with Gasteiger partial charge in [-0.25, -0.2) is 0 Å². The Bertz CT molecular complexity index is 401. The van der Waals surface area contributed by atoms with Gasteiger partial charge in [-0.3, -0.25) is 9.59 Å². The molecule has 0 aliphatic carbocycles. The number of methoxy groups -OCH3 is 1. The van der Waals surface area contributed by atoms with Gasteiger partial charge < -0.3 is 15.8 Å². The van der Waals surface area contributed by atoms with E-state index in [0.717, 1.165) is 0 Å². The maximum Gasteiger partial charge on any atom is 0.251 e. The Hall–Kier alpha value is -1.88. The third-order valence-electron chi connectivity index (χ3n) is 2.23. The topological polar surface area (TPSA) is 81.4 Å². The molecule has 17 heavy (non-hydrogen) atoms. The van der Waals surface area contributed by atoms with Crippen LogP contribution >= 0.6 is 0 Å². The van der Waals surface area contributed by atoms with Crippen LogP contribution in [0.5, 0.6) is 0 Å². The van der Waals surface area contributed by atoms with Crippen LogP contribution in [0.1, 0.15) is 27.6 Å². The molecule has 0 fully saturated rings. The summed E-state index contributed by atoms with van der Waals surface area (Å²) in [4.78, 5) is 22.6. The zero-order chi connectivity index (χ0) is 12.8. The largest absolute Gasteiger partial charge is 0.383 e. The molecule has 1 rings (SSSR count). The molecule has 0 saturated heterocycles. The highest BCUT2D eigenvalue weighted by Crippen LogP contribution is 2.04. The Morgan fingerprint density at radius 3 is 2.29 bits per heavy atom. The molecule has 0 bridgehead atoms. The van der Waals surface area contributed by atoms with E-state index in [4.69, 9.17) is 10.5 Å². The van der Waals surface area contributed by atoms with Gasteiger partial charge in [-0.2, -0.15) is 0 Å². The van der Waals surface area contributed by atoms with Crippen LogP contribution in [0.3, 0.4) is 0 Å². The first kappa shape index (κ1) is 13.2. The van der Waals surface area contributed by atoms with Crippen molar-refractivity contribution in [2.75, 3.05) is 13.7 Å². The van der Waals surface area contributed by atoms with Crippen LogP contribution in [-0.2, 0) is 4.74 Å². The summed E-state index contributed by atoms with van der Waals surface area (Å²) >= 11 is 0. The Labute approximate surface area is 99.9 Å². The van der Waals surface area contributed by atoms with Gasteiger partial charge in [0.15, 0.2) is 0 Å². The first-order valence-corrected chi connectivity index (χ1v) is 5.24. The van der Waals surface area contributed by atoms with Crippen molar-refractivity contribution in [2.45, 2.75) is 13.0 Å². The van der Waals surface area contributed by atoms with Gasteiger partial charge in [0, 0.05) is 24.3 Å². The predicted molar refractivity (Wildman–Crippen MR) is 63.8 cm³/mol. The van der Waals surface area contributed by atoms with E-state index in [1.165, 1.54) is 12.1 Å². The third-order valence-corrected chi connectivity index (χ3v) is 2.23. The Morgan fingerprint density at radius 2 is 1.82 bits per heavy atom. The highest BCUT2D eigenvalue weighted by atomic mass is 16.5. The molecule has 3 N–H and O–H groups in total. The summed E-state index contributed by atoms with van der Waals surface area (Å²) < 4.78 is 4.92. The number of hydrogen-bond donors (Lipinski definition) is 2. The second kappa shape index (κ2) is 6.00. The van der Waals surface area contributed by atoms with Gasteiger partial charge in [0.05, 0.1) is 6.61 Å². The SMILES string of the molecule is COCC(C)NC(=O)c1ccc(C(N)=O)cc1. The fourth-order valence-corrected chi connectivity index (χ4v) is 1.38. The van der Waals surface area contributed by atoms with Crippen molar-refractivity contribution in [3.05, 3.63) is 35.4 Å². The van der Waals surface area contributed by atoms with Gasteiger partial charge in [-0.1, -0.05) is 0 Å². The molecule has 1 unspecified atom stereocenters. The van der Waals surface area contributed by atoms with Crippen LogP contribution in [-0.4, -0.2) is 31.6 Å². The van der Waals surface area contributed by atoms with Gasteiger partial charge in [0.1, 0.15) is 0 Å². The lowest BCUT2D eigenvalue weighted by Crippen LogP contribution is -2.35. The maximum absolute atomic E-state index is 11.7. The standard InChI is InChI=1S/C12H16N2O3/c1-8(7-17-2)14-12(16)10-5-3-9(4-6-10)11(13)15/h3-6,8H,7H2,1-2H3,(H2,13,15)(H,14,16). The number of rotatable bonds is 5. The molecule has 0 aliphatic heterocycles. The van der Waals surface area contributed by atoms with Crippen LogP contribution in [0, 0.1) is 0 Å². The van der Waals surface area contributed by atoms with E-state index >= 15 is 0 Å². The van der Waals surface area contributed by atoms with Crippen molar-refractivity contribution in [1.82, 2.24) is 5.32 Å². The molecule has 0 spiro atoms. The van der Waals surface area contributed by atoms with Crippen LogP contribution in [0.4, 0.5) is 0 Å². The maximum atomic E-state index is 11.7. The molecule has 1 aromatic carbocycles. The first-order chi connectivity index (χ1) is 8.04. The quantitative estimate of drug-likeness (QED) is 0.783. The monoisotopic (exact) mass is 236 g/mol. The minimum atomic E-state index is -0.510. The summed E-state index contributed by atoms with van der Waals surface area (Å²) in [5, 5.41) is 2.77. The smallest absolute Gasteiger partial charge is 0.251 e. The van der Waals surface area contributed by atoms with E-state index in [1.807, 2.05) is 6.92 Å². The van der Waals surface area contributed by atoms with E-state index in [9.17, 15) is 9.59 Å². The fourth-order valence-electron chi connectivity index (χ4n) is 1.38. The number of hydrogen-bond acceptors (Lipinski definition) is 3. The number of benzene rings is 1. The van der Waals surface area contributed by atoms with Crippen LogP contribution in [0.2, 0.25) is 0 Å². The van der Waals surface area contributed by atoms with E-state index in [0.29, 0.717) is 17.7 Å². The Morgan fingerprint density at radius 1 is 1.29 bits per heavy atom. The minimum absolute atomic E-state index is 0.0664. The van der Waals surface area contributed by atoms with E-state index in [-0.39, 0.29) is 11.9 Å². The fraction of sp³-hybridized carbons (Fsp3) is 0.333. The number of primary amides is 1. The van der Waals surface area contributed by atoms with Gasteiger partial charge in [-0.15, -0.1) is 0 Å². The van der Waals surface area contributed by atoms with Crippen molar-refractivity contribution >= 4 is 11.8 Å². The zero-order valence-corrected chi connectivity index (χ0v) is 9.90. The normalized spacial score (nSPS) is 11.9. The summed E-state index contributed by atoms with van der Waals surface area (Å²) in [7, 11) is 1.57. The van der Waals surface area contributed by atoms with Crippen molar-refractivity contribution in [3.63, 3.8) is 0 Å². The van der Waals surface area contributed by atoms with Crippen molar-refractivity contribution in [2.24, 2.45) is 5.73 Å². The number of nitrogens with two attached hydrogens (primary N) is 1. The minimum Gasteiger partial charge on any atom is -0.383 e. The first-order valence-electron chi connectivity index (χ1n) is 5.24. The van der Waals surface area contributed by atoms with Gasteiger partial charge >= 0.3 is 0 Å². The number of carbonyl (C=O) groups excluding carboxylic acids is 2. The predicted octanol–water partition coefficient (Wildman–Crippen LogP) is 0.550. The lowest BCUT2D eigenvalue weighted by molar-refractivity contribution is 0.0904. The van der Waals surface area contributed by atoms with Crippen molar-refractivity contribution in [3.8, 4) is 0 Å². The third kappa shape index (κ3) is 3.88. The molecule has 0 radical (unpaired) electrons. The number of ether oxygens (including phenoxy) is 1. The molecule has 0 aliphatic rings. The summed E-state index contributed by atoms with van der Waals surface area (Å²) in [5.74, 6) is -0.713. The molecule has 0 aromatic heterocycles. The molecular weight excluding hydrogens is 220 g/mol. The van der Waals surface area contributed by atoms with Crippen LogP contribution < -0.4 is 11.1 Å². The summed E-state index contributed by atoms with van der Waals surface area (Å²) in [6.07, 6.45) is 0. The Kier molecular flexibility index (Phi) is 4.66. The molecule has 92 valence electrons. The lowest BCUT2D eigenvalue weighted by atomic mass is 10.1. The highest BCUT2D eigenvalue weighted by molar-refractivity contribution is 5.97. The Balaban J connectivity index is 2.66. The lowest BCUT2D eigenvalue weighted by Gasteiger charge is -2.12. The molecule has 1 atom stereocenters. The van der Waals surface area contributed by atoms with Crippen molar-refractivity contribution < 1.29 is 14.3 Å². The molecule has 0 saturated carbocycles. The molecule has 1 aromatic rings. The molecule has 5 nitrogen and oxygen atoms in total. The van der Waals surface area contributed by atoms with Gasteiger partial charge in [0.25, 0.3) is 5.91 Å². The number of carbonyl (C=O) groups is 2. The zero-order valence-electron chi connectivity index (χ0n) is 9.90. The van der Waals surface area contributed by atoms with Crippen molar-refractivity contribution in [1.29, 1.82) is 0 Å². The number of amides is 2. The van der Waals surface area contributed by atoms with Gasteiger partial charge in [0.2, 0.25) is 5.91 Å². The number of nitrogens with one attached hydrogen (secondary N) is 1. The summed E-state index contributed by atoms with van der Waals surface area (Å²) in [6.45, 7) is 2.30. The van der Waals surface area contributed by atoms with E-state index < -0.39 is 5.91 Å². The highest BCUT2D eigenvalue weighted by Gasteiger charge is 2.09. The molecule has 2 amide bonds. The average molecular weight is 236 g/mol. The summed E-state index contributed by atoms with van der Waals surface area (Å²) in [6, 6.07) is 6.11.